The van der Waals surface area contributed by atoms with Gasteiger partial charge in [-0.25, -0.2) is 4.79 Å². The standard InChI is InChI=1S/C20H21N3O7/c1-3-30-19(26)16-15(11-7-5-4-6-8-11)13(23(28)29)9-12(18(22)25)17(16)20(2,27)10-14(21)24/h4-9,27H,3,10H2,1-2H3,(H2,21,24)(H2,22,25). The molecule has 0 aliphatic heterocycles. The predicted molar refractivity (Wildman–Crippen MR) is 106 cm³/mol. The largest absolute Gasteiger partial charge is 0.462 e. The highest BCUT2D eigenvalue weighted by Gasteiger charge is 2.40. The molecule has 10 heteroatoms. The van der Waals surface area contributed by atoms with Crippen LogP contribution >= 0.6 is 0 Å². The number of nitrogens with two attached hydrogens (primary N) is 2. The van der Waals surface area contributed by atoms with Crippen LogP contribution in [0.4, 0.5) is 5.69 Å². The minimum Gasteiger partial charge on any atom is -0.462 e. The van der Waals surface area contributed by atoms with E-state index in [2.05, 4.69) is 0 Å². The normalized spacial score (nSPS) is 12.6. The summed E-state index contributed by atoms with van der Waals surface area (Å²) in [7, 11) is 0. The molecule has 10 nitrogen and oxygen atoms in total. The van der Waals surface area contributed by atoms with Gasteiger partial charge in [0.05, 0.1) is 40.2 Å². The molecule has 30 heavy (non-hydrogen) atoms. The first-order valence-corrected chi connectivity index (χ1v) is 8.90. The average molecular weight is 415 g/mol. The second-order valence-electron chi connectivity index (χ2n) is 6.69. The lowest BCUT2D eigenvalue weighted by atomic mass is 9.80. The van der Waals surface area contributed by atoms with Gasteiger partial charge >= 0.3 is 5.97 Å². The van der Waals surface area contributed by atoms with Crippen LogP contribution in [0.3, 0.4) is 0 Å². The summed E-state index contributed by atoms with van der Waals surface area (Å²) < 4.78 is 5.06. The second-order valence-corrected chi connectivity index (χ2v) is 6.69. The van der Waals surface area contributed by atoms with Crippen molar-refractivity contribution in [2.75, 3.05) is 6.61 Å². The van der Waals surface area contributed by atoms with E-state index in [9.17, 15) is 29.6 Å². The molecule has 0 saturated carbocycles. The minimum absolute atomic E-state index is 0.0843. The summed E-state index contributed by atoms with van der Waals surface area (Å²) in [6.07, 6.45) is -0.675. The molecule has 0 radical (unpaired) electrons. The summed E-state index contributed by atoms with van der Waals surface area (Å²) in [5.41, 5.74) is 6.69. The number of nitro groups is 1. The van der Waals surface area contributed by atoms with E-state index in [1.807, 2.05) is 0 Å². The van der Waals surface area contributed by atoms with Gasteiger partial charge in [-0.3, -0.25) is 19.7 Å². The molecule has 158 valence electrons. The number of benzene rings is 2. The summed E-state index contributed by atoms with van der Waals surface area (Å²) in [4.78, 5) is 47.6. The fourth-order valence-electron chi connectivity index (χ4n) is 3.30. The van der Waals surface area contributed by atoms with Crippen LogP contribution in [-0.2, 0) is 15.1 Å². The highest BCUT2D eigenvalue weighted by atomic mass is 16.6. The lowest BCUT2D eigenvalue weighted by molar-refractivity contribution is -0.384. The Bertz CT molecular complexity index is 1020. The van der Waals surface area contributed by atoms with E-state index in [1.165, 1.54) is 19.1 Å². The lowest BCUT2D eigenvalue weighted by Crippen LogP contribution is -2.34. The van der Waals surface area contributed by atoms with Gasteiger partial charge in [-0.15, -0.1) is 0 Å². The SMILES string of the molecule is CCOC(=O)c1c(-c2ccccc2)c([N+](=O)[O-])cc(C(N)=O)c1C(C)(O)CC(N)=O. The molecule has 0 saturated heterocycles. The van der Waals surface area contributed by atoms with Gasteiger partial charge in [0.2, 0.25) is 11.8 Å². The second kappa shape index (κ2) is 8.70. The molecule has 2 aromatic carbocycles. The Labute approximate surface area is 171 Å². The zero-order chi connectivity index (χ0) is 22.6. The Morgan fingerprint density at radius 2 is 1.80 bits per heavy atom. The Kier molecular flexibility index (Phi) is 6.53. The first-order chi connectivity index (χ1) is 14.0. The molecule has 0 spiro atoms. The number of amides is 2. The molecular weight excluding hydrogens is 394 g/mol. The van der Waals surface area contributed by atoms with Gasteiger partial charge < -0.3 is 21.3 Å². The summed E-state index contributed by atoms with van der Waals surface area (Å²) in [5, 5.41) is 22.8. The maximum atomic E-state index is 12.9. The van der Waals surface area contributed by atoms with Crippen LogP contribution in [0.2, 0.25) is 0 Å². The predicted octanol–water partition coefficient (Wildman–Crippen LogP) is 1.62. The number of hydrogen-bond donors (Lipinski definition) is 3. The number of esters is 1. The van der Waals surface area contributed by atoms with Crippen molar-refractivity contribution in [3.05, 3.63) is 63.2 Å². The Morgan fingerprint density at radius 3 is 2.27 bits per heavy atom. The average Bonchev–Trinajstić information content (AvgIpc) is 2.65. The van der Waals surface area contributed by atoms with Crippen LogP contribution in [0.15, 0.2) is 36.4 Å². The fraction of sp³-hybridized carbons (Fsp3) is 0.250. The Hall–Kier alpha value is -3.79. The molecule has 5 N–H and O–H groups in total. The lowest BCUT2D eigenvalue weighted by Gasteiger charge is -2.28. The van der Waals surface area contributed by atoms with Gasteiger partial charge in [0.1, 0.15) is 0 Å². The number of primary amides is 2. The molecule has 2 rings (SSSR count). The van der Waals surface area contributed by atoms with Crippen molar-refractivity contribution < 1.29 is 29.2 Å². The molecule has 0 aromatic heterocycles. The van der Waals surface area contributed by atoms with Gasteiger partial charge in [0.15, 0.2) is 0 Å². The van der Waals surface area contributed by atoms with Gasteiger partial charge in [0.25, 0.3) is 5.69 Å². The monoisotopic (exact) mass is 415 g/mol. The third-order valence-electron chi connectivity index (χ3n) is 4.37. The number of ether oxygens (including phenoxy) is 1. The number of nitro benzene ring substituents is 1. The van der Waals surface area contributed by atoms with Gasteiger partial charge in [-0.1, -0.05) is 30.3 Å². The van der Waals surface area contributed by atoms with Crippen LogP contribution in [0.5, 0.6) is 0 Å². The Morgan fingerprint density at radius 1 is 1.20 bits per heavy atom. The summed E-state index contributed by atoms with van der Waals surface area (Å²) in [6, 6.07) is 8.76. The summed E-state index contributed by atoms with van der Waals surface area (Å²) >= 11 is 0. The molecule has 0 fully saturated rings. The maximum absolute atomic E-state index is 12.9. The zero-order valence-corrected chi connectivity index (χ0v) is 16.4. The molecule has 1 atom stereocenters. The Balaban J connectivity index is 3.12. The van der Waals surface area contributed by atoms with E-state index >= 15 is 0 Å². The number of nitrogens with zero attached hydrogens (tertiary/aromatic N) is 1. The van der Waals surface area contributed by atoms with Crippen molar-refractivity contribution in [2.45, 2.75) is 25.9 Å². The summed E-state index contributed by atoms with van der Waals surface area (Å²) in [6.45, 7) is 2.59. The third kappa shape index (κ3) is 4.44. The number of aliphatic hydroxyl groups is 1. The highest BCUT2D eigenvalue weighted by Crippen LogP contribution is 2.42. The van der Waals surface area contributed by atoms with Gasteiger partial charge in [0, 0.05) is 11.6 Å². The number of hydrogen-bond acceptors (Lipinski definition) is 7. The van der Waals surface area contributed by atoms with Crippen molar-refractivity contribution in [3.63, 3.8) is 0 Å². The fourth-order valence-corrected chi connectivity index (χ4v) is 3.30. The number of rotatable bonds is 8. The zero-order valence-electron chi connectivity index (χ0n) is 16.4. The van der Waals surface area contributed by atoms with Gasteiger partial charge in [-0.05, 0) is 19.4 Å². The first kappa shape index (κ1) is 22.5. The van der Waals surface area contributed by atoms with E-state index in [4.69, 9.17) is 16.2 Å². The summed E-state index contributed by atoms with van der Waals surface area (Å²) in [5.74, 6) is -3.09. The van der Waals surface area contributed by atoms with Crippen LogP contribution in [0.1, 0.15) is 46.5 Å². The van der Waals surface area contributed by atoms with Crippen LogP contribution in [0.25, 0.3) is 11.1 Å². The number of carbonyl (C=O) groups is 3. The van der Waals surface area contributed by atoms with E-state index < -0.39 is 51.5 Å². The van der Waals surface area contributed by atoms with E-state index in [1.54, 1.807) is 18.2 Å². The van der Waals surface area contributed by atoms with Crippen molar-refractivity contribution in [1.29, 1.82) is 0 Å². The first-order valence-electron chi connectivity index (χ1n) is 8.90. The quantitative estimate of drug-likeness (QED) is 0.333. The van der Waals surface area contributed by atoms with Gasteiger partial charge in [-0.2, -0.15) is 0 Å². The van der Waals surface area contributed by atoms with Crippen LogP contribution in [0, 0.1) is 10.1 Å². The molecule has 0 aliphatic carbocycles. The molecule has 0 heterocycles. The topological polar surface area (TPSA) is 176 Å². The van der Waals surface area contributed by atoms with Crippen LogP contribution in [-0.4, -0.2) is 34.4 Å². The molecule has 1 unspecified atom stereocenters. The molecule has 0 aliphatic rings. The van der Waals surface area contributed by atoms with Crippen LogP contribution < -0.4 is 11.5 Å². The number of carbonyl (C=O) groups excluding carboxylic acids is 3. The van der Waals surface area contributed by atoms with Crippen molar-refractivity contribution >= 4 is 23.5 Å². The van der Waals surface area contributed by atoms with Crippen molar-refractivity contribution in [3.8, 4) is 11.1 Å². The van der Waals surface area contributed by atoms with E-state index in [0.717, 1.165) is 13.0 Å². The molecular formula is C20H21N3O7. The molecule has 2 aromatic rings. The maximum Gasteiger partial charge on any atom is 0.339 e. The van der Waals surface area contributed by atoms with E-state index in [-0.39, 0.29) is 23.3 Å². The van der Waals surface area contributed by atoms with Crippen molar-refractivity contribution in [2.24, 2.45) is 11.5 Å². The molecule has 0 bridgehead atoms. The molecule has 2 amide bonds. The van der Waals surface area contributed by atoms with E-state index in [0.29, 0.717) is 0 Å². The third-order valence-corrected chi connectivity index (χ3v) is 4.37. The highest BCUT2D eigenvalue weighted by molar-refractivity contribution is 6.07. The minimum atomic E-state index is -2.14. The smallest absolute Gasteiger partial charge is 0.339 e. The van der Waals surface area contributed by atoms with Crippen molar-refractivity contribution in [1.82, 2.24) is 0 Å².